The average molecular weight is 372 g/mol. The van der Waals surface area contributed by atoms with Crippen LogP contribution in [0.3, 0.4) is 0 Å². The first kappa shape index (κ1) is 19.9. The second kappa shape index (κ2) is 8.87. The van der Waals surface area contributed by atoms with Crippen molar-refractivity contribution >= 4 is 17.5 Å². The van der Waals surface area contributed by atoms with E-state index in [0.717, 1.165) is 50.3 Å². The SMILES string of the molecule is Cc1ccc(C(=O)N2CC(C)CC(C)C2)cc1NC(=O)CCC1CCNC1. The summed E-state index contributed by atoms with van der Waals surface area (Å²) in [5.74, 6) is 1.78. The Kier molecular flexibility index (Phi) is 6.53. The number of hydrogen-bond acceptors (Lipinski definition) is 3. The van der Waals surface area contributed by atoms with Crippen LogP contribution in [0.4, 0.5) is 5.69 Å². The number of carbonyl (C=O) groups is 2. The molecule has 5 nitrogen and oxygen atoms in total. The van der Waals surface area contributed by atoms with E-state index in [2.05, 4.69) is 24.5 Å². The second-order valence-corrected chi connectivity index (χ2v) is 8.63. The molecule has 0 radical (unpaired) electrons. The number of benzene rings is 1. The van der Waals surface area contributed by atoms with E-state index in [1.807, 2.05) is 30.0 Å². The highest BCUT2D eigenvalue weighted by atomic mass is 16.2. The topological polar surface area (TPSA) is 61.4 Å². The van der Waals surface area contributed by atoms with Crippen LogP contribution < -0.4 is 10.6 Å². The Balaban J connectivity index is 1.62. The van der Waals surface area contributed by atoms with Crippen molar-refractivity contribution in [3.63, 3.8) is 0 Å². The van der Waals surface area contributed by atoms with Crippen molar-refractivity contribution in [1.29, 1.82) is 0 Å². The highest BCUT2D eigenvalue weighted by molar-refractivity contribution is 5.97. The Morgan fingerprint density at radius 1 is 1.22 bits per heavy atom. The maximum Gasteiger partial charge on any atom is 0.253 e. The van der Waals surface area contributed by atoms with Crippen LogP contribution in [0.1, 0.15) is 55.5 Å². The number of rotatable bonds is 5. The van der Waals surface area contributed by atoms with Gasteiger partial charge in [-0.05, 0) is 74.7 Å². The minimum atomic E-state index is 0.0369. The summed E-state index contributed by atoms with van der Waals surface area (Å²) in [6.07, 6.45) is 3.78. The van der Waals surface area contributed by atoms with Crippen molar-refractivity contribution in [3.8, 4) is 0 Å². The normalized spacial score (nSPS) is 25.4. The molecule has 2 amide bonds. The van der Waals surface area contributed by atoms with Gasteiger partial charge >= 0.3 is 0 Å². The molecule has 3 rings (SSSR count). The van der Waals surface area contributed by atoms with E-state index < -0.39 is 0 Å². The number of nitrogens with one attached hydrogen (secondary N) is 2. The van der Waals surface area contributed by atoms with Crippen molar-refractivity contribution in [3.05, 3.63) is 29.3 Å². The number of piperidine rings is 1. The maximum atomic E-state index is 12.9. The van der Waals surface area contributed by atoms with Crippen LogP contribution in [0, 0.1) is 24.7 Å². The minimum Gasteiger partial charge on any atom is -0.338 e. The van der Waals surface area contributed by atoms with Gasteiger partial charge in [0.2, 0.25) is 5.91 Å². The smallest absolute Gasteiger partial charge is 0.253 e. The third kappa shape index (κ3) is 5.32. The first-order valence-corrected chi connectivity index (χ1v) is 10.3. The molecule has 0 bridgehead atoms. The molecular formula is C22H33N3O2. The lowest BCUT2D eigenvalue weighted by Gasteiger charge is -2.35. The molecule has 2 fully saturated rings. The van der Waals surface area contributed by atoms with Crippen LogP contribution in [0.15, 0.2) is 18.2 Å². The number of carbonyl (C=O) groups excluding carboxylic acids is 2. The highest BCUT2D eigenvalue weighted by Crippen LogP contribution is 2.24. The number of likely N-dealkylation sites (tertiary alicyclic amines) is 1. The van der Waals surface area contributed by atoms with Gasteiger partial charge in [0.25, 0.3) is 5.91 Å². The Morgan fingerprint density at radius 3 is 2.63 bits per heavy atom. The minimum absolute atomic E-state index is 0.0369. The van der Waals surface area contributed by atoms with E-state index in [0.29, 0.717) is 29.7 Å². The molecule has 2 N–H and O–H groups in total. The summed E-state index contributed by atoms with van der Waals surface area (Å²) in [6.45, 7) is 10.1. The summed E-state index contributed by atoms with van der Waals surface area (Å²) in [5.41, 5.74) is 2.41. The highest BCUT2D eigenvalue weighted by Gasteiger charge is 2.26. The predicted molar refractivity (Wildman–Crippen MR) is 109 cm³/mol. The third-order valence-electron chi connectivity index (χ3n) is 5.86. The lowest BCUT2D eigenvalue weighted by molar-refractivity contribution is -0.116. The van der Waals surface area contributed by atoms with E-state index in [1.54, 1.807) is 0 Å². The number of hydrogen-bond donors (Lipinski definition) is 2. The van der Waals surface area contributed by atoms with Crippen LogP contribution in [0.5, 0.6) is 0 Å². The molecule has 27 heavy (non-hydrogen) atoms. The van der Waals surface area contributed by atoms with Gasteiger partial charge in [-0.2, -0.15) is 0 Å². The summed E-state index contributed by atoms with van der Waals surface area (Å²) in [4.78, 5) is 27.3. The van der Waals surface area contributed by atoms with Crippen LogP contribution in [-0.2, 0) is 4.79 Å². The largest absolute Gasteiger partial charge is 0.338 e. The second-order valence-electron chi connectivity index (χ2n) is 8.63. The van der Waals surface area contributed by atoms with Gasteiger partial charge in [-0.1, -0.05) is 19.9 Å². The van der Waals surface area contributed by atoms with Crippen LogP contribution >= 0.6 is 0 Å². The first-order valence-electron chi connectivity index (χ1n) is 10.3. The van der Waals surface area contributed by atoms with E-state index in [1.165, 1.54) is 6.42 Å². The molecule has 0 aromatic heterocycles. The Hall–Kier alpha value is -1.88. The number of aryl methyl sites for hydroxylation is 1. The zero-order valence-corrected chi connectivity index (χ0v) is 16.9. The first-order chi connectivity index (χ1) is 12.9. The fourth-order valence-electron chi connectivity index (χ4n) is 4.41. The van der Waals surface area contributed by atoms with Crippen molar-refractivity contribution in [2.75, 3.05) is 31.5 Å². The summed E-state index contributed by atoms with van der Waals surface area (Å²) < 4.78 is 0. The predicted octanol–water partition coefficient (Wildman–Crippen LogP) is 3.44. The molecule has 1 aromatic carbocycles. The standard InChI is InChI=1S/C22H33N3O2/c1-15-10-16(2)14-25(13-15)22(27)19-6-4-17(3)20(11-19)24-21(26)7-5-18-8-9-23-12-18/h4,6,11,15-16,18,23H,5,7-10,12-14H2,1-3H3,(H,24,26). The molecule has 2 saturated heterocycles. The molecule has 1 aromatic rings. The summed E-state index contributed by atoms with van der Waals surface area (Å²) >= 11 is 0. The monoisotopic (exact) mass is 371 g/mol. The molecule has 2 heterocycles. The van der Waals surface area contributed by atoms with Gasteiger partial charge in [0.1, 0.15) is 0 Å². The Morgan fingerprint density at radius 2 is 1.96 bits per heavy atom. The zero-order valence-electron chi connectivity index (χ0n) is 16.9. The van der Waals surface area contributed by atoms with E-state index in [4.69, 9.17) is 0 Å². The summed E-state index contributed by atoms with van der Waals surface area (Å²) in [5, 5.41) is 6.36. The van der Waals surface area contributed by atoms with Crippen molar-refractivity contribution in [2.24, 2.45) is 17.8 Å². The number of anilines is 1. The van der Waals surface area contributed by atoms with E-state index >= 15 is 0 Å². The molecule has 5 heteroatoms. The van der Waals surface area contributed by atoms with Crippen LogP contribution in [0.2, 0.25) is 0 Å². The molecule has 0 spiro atoms. The van der Waals surface area contributed by atoms with Gasteiger partial charge in [-0.25, -0.2) is 0 Å². The molecule has 3 unspecified atom stereocenters. The summed E-state index contributed by atoms with van der Waals surface area (Å²) in [6, 6.07) is 5.65. The Bertz CT molecular complexity index is 672. The fourth-order valence-corrected chi connectivity index (χ4v) is 4.41. The molecular weight excluding hydrogens is 338 g/mol. The van der Waals surface area contributed by atoms with Gasteiger partial charge < -0.3 is 15.5 Å². The van der Waals surface area contributed by atoms with Crippen molar-refractivity contribution in [1.82, 2.24) is 10.2 Å². The van der Waals surface area contributed by atoms with Crippen molar-refractivity contribution < 1.29 is 9.59 Å². The van der Waals surface area contributed by atoms with Gasteiger partial charge in [0.05, 0.1) is 0 Å². The van der Waals surface area contributed by atoms with E-state index in [-0.39, 0.29) is 11.8 Å². The number of amides is 2. The average Bonchev–Trinajstić information content (AvgIpc) is 3.14. The molecule has 0 saturated carbocycles. The van der Waals surface area contributed by atoms with E-state index in [9.17, 15) is 9.59 Å². The van der Waals surface area contributed by atoms with Crippen molar-refractivity contribution in [2.45, 2.75) is 46.5 Å². The molecule has 2 aliphatic rings. The zero-order chi connectivity index (χ0) is 19.4. The van der Waals surface area contributed by atoms with Crippen LogP contribution in [0.25, 0.3) is 0 Å². The molecule has 148 valence electrons. The Labute approximate surface area is 162 Å². The fraction of sp³-hybridized carbons (Fsp3) is 0.636. The van der Waals surface area contributed by atoms with Gasteiger partial charge in [-0.3, -0.25) is 9.59 Å². The third-order valence-corrected chi connectivity index (χ3v) is 5.86. The molecule has 0 aliphatic carbocycles. The van der Waals surface area contributed by atoms with Gasteiger partial charge in [0, 0.05) is 30.8 Å². The summed E-state index contributed by atoms with van der Waals surface area (Å²) in [7, 11) is 0. The maximum absolute atomic E-state index is 12.9. The number of nitrogens with zero attached hydrogens (tertiary/aromatic N) is 1. The lowest BCUT2D eigenvalue weighted by Crippen LogP contribution is -2.42. The lowest BCUT2D eigenvalue weighted by atomic mass is 9.91. The van der Waals surface area contributed by atoms with Gasteiger partial charge in [0.15, 0.2) is 0 Å². The quantitative estimate of drug-likeness (QED) is 0.833. The molecule has 3 atom stereocenters. The van der Waals surface area contributed by atoms with Gasteiger partial charge in [-0.15, -0.1) is 0 Å². The van der Waals surface area contributed by atoms with Crippen LogP contribution in [-0.4, -0.2) is 42.9 Å². The molecule has 2 aliphatic heterocycles.